The lowest BCUT2D eigenvalue weighted by Crippen LogP contribution is -2.18. The summed E-state index contributed by atoms with van der Waals surface area (Å²) in [5.74, 6) is 1.05. The molecular weight excluding hydrogens is 234 g/mol. The third-order valence-corrected chi connectivity index (χ3v) is 3.33. The molecule has 0 saturated carbocycles. The summed E-state index contributed by atoms with van der Waals surface area (Å²) in [5.41, 5.74) is 8.35. The molecule has 0 aliphatic carbocycles. The fourth-order valence-electron chi connectivity index (χ4n) is 2.31. The van der Waals surface area contributed by atoms with E-state index in [1.54, 1.807) is 0 Å². The molecule has 0 aliphatic rings. The summed E-state index contributed by atoms with van der Waals surface area (Å²) in [5, 5.41) is 0. The van der Waals surface area contributed by atoms with E-state index in [0.717, 1.165) is 25.2 Å². The molecule has 108 valence electrons. The van der Waals surface area contributed by atoms with Crippen LogP contribution in [0.1, 0.15) is 57.1 Å². The van der Waals surface area contributed by atoms with Gasteiger partial charge in [-0.25, -0.2) is 0 Å². The monoisotopic (exact) mass is 263 g/mol. The van der Waals surface area contributed by atoms with Crippen LogP contribution in [0.2, 0.25) is 0 Å². The van der Waals surface area contributed by atoms with Crippen molar-refractivity contribution in [2.75, 3.05) is 6.61 Å². The zero-order valence-corrected chi connectivity index (χ0v) is 12.7. The Labute approximate surface area is 118 Å². The number of ether oxygens (including phenoxy) is 1. The fourth-order valence-corrected chi connectivity index (χ4v) is 2.31. The Bertz CT molecular complexity index is 360. The van der Waals surface area contributed by atoms with Crippen LogP contribution in [0.5, 0.6) is 5.75 Å². The lowest BCUT2D eigenvalue weighted by molar-refractivity contribution is 0.299. The molecule has 0 radical (unpaired) electrons. The minimum Gasteiger partial charge on any atom is -0.493 e. The van der Waals surface area contributed by atoms with Crippen molar-refractivity contribution >= 4 is 0 Å². The minimum absolute atomic E-state index is 0.175. The number of nitrogens with two attached hydrogens (primary N) is 1. The van der Waals surface area contributed by atoms with Crippen LogP contribution in [0.3, 0.4) is 0 Å². The lowest BCUT2D eigenvalue weighted by Gasteiger charge is -2.15. The number of aryl methyl sites for hydroxylation is 1. The molecule has 0 aliphatic heterocycles. The second-order valence-corrected chi connectivity index (χ2v) is 5.51. The Morgan fingerprint density at radius 2 is 1.89 bits per heavy atom. The van der Waals surface area contributed by atoms with Crippen molar-refractivity contribution in [3.63, 3.8) is 0 Å². The number of unbranched alkanes of at least 4 members (excludes halogenated alkanes) is 4. The molecule has 0 fully saturated rings. The topological polar surface area (TPSA) is 35.2 Å². The zero-order valence-electron chi connectivity index (χ0n) is 12.7. The van der Waals surface area contributed by atoms with Gasteiger partial charge >= 0.3 is 0 Å². The van der Waals surface area contributed by atoms with Crippen molar-refractivity contribution in [1.29, 1.82) is 0 Å². The number of benzene rings is 1. The van der Waals surface area contributed by atoms with Crippen LogP contribution in [-0.2, 0) is 6.42 Å². The molecule has 2 nitrogen and oxygen atoms in total. The average Bonchev–Trinajstić information content (AvgIpc) is 2.35. The van der Waals surface area contributed by atoms with Gasteiger partial charge < -0.3 is 10.5 Å². The van der Waals surface area contributed by atoms with Gasteiger partial charge in [-0.2, -0.15) is 0 Å². The van der Waals surface area contributed by atoms with Gasteiger partial charge in [-0.1, -0.05) is 50.8 Å². The molecule has 0 saturated heterocycles. The van der Waals surface area contributed by atoms with Crippen LogP contribution < -0.4 is 10.5 Å². The van der Waals surface area contributed by atoms with E-state index in [1.807, 2.05) is 6.92 Å². The number of para-hydroxylation sites is 1. The molecule has 0 spiro atoms. The zero-order chi connectivity index (χ0) is 14.1. The van der Waals surface area contributed by atoms with Crippen molar-refractivity contribution in [3.05, 3.63) is 29.3 Å². The van der Waals surface area contributed by atoms with Crippen LogP contribution in [0.25, 0.3) is 0 Å². The standard InChI is InChI=1S/C17H29NO/c1-4-5-6-7-8-12-19-17-14(2)10-9-11-16(17)13-15(3)18/h9-11,15H,4-8,12-13,18H2,1-3H3. The molecule has 1 unspecified atom stereocenters. The van der Waals surface area contributed by atoms with Gasteiger partial charge in [0.25, 0.3) is 0 Å². The van der Waals surface area contributed by atoms with Crippen LogP contribution in [0.4, 0.5) is 0 Å². The first-order chi connectivity index (χ1) is 9.15. The summed E-state index contributed by atoms with van der Waals surface area (Å²) in [6.45, 7) is 7.21. The molecule has 0 bridgehead atoms. The normalized spacial score (nSPS) is 12.4. The van der Waals surface area contributed by atoms with Crippen molar-refractivity contribution in [1.82, 2.24) is 0 Å². The van der Waals surface area contributed by atoms with Gasteiger partial charge in [-0.05, 0) is 37.8 Å². The summed E-state index contributed by atoms with van der Waals surface area (Å²) < 4.78 is 5.99. The Morgan fingerprint density at radius 3 is 2.58 bits per heavy atom. The summed E-state index contributed by atoms with van der Waals surface area (Å²) in [7, 11) is 0. The molecule has 2 N–H and O–H groups in total. The van der Waals surface area contributed by atoms with Gasteiger partial charge in [0.2, 0.25) is 0 Å². The van der Waals surface area contributed by atoms with Crippen molar-refractivity contribution in [3.8, 4) is 5.75 Å². The van der Waals surface area contributed by atoms with E-state index in [-0.39, 0.29) is 6.04 Å². The third kappa shape index (κ3) is 6.11. The Kier molecular flexibility index (Phi) is 7.57. The largest absolute Gasteiger partial charge is 0.493 e. The lowest BCUT2D eigenvalue weighted by atomic mass is 10.0. The first-order valence-electron chi connectivity index (χ1n) is 7.62. The summed E-state index contributed by atoms with van der Waals surface area (Å²) in [6, 6.07) is 6.50. The molecule has 0 aromatic heterocycles. The van der Waals surface area contributed by atoms with E-state index in [4.69, 9.17) is 10.5 Å². The molecule has 19 heavy (non-hydrogen) atoms. The quantitative estimate of drug-likeness (QED) is 0.677. The predicted molar refractivity (Wildman–Crippen MR) is 82.8 cm³/mol. The molecule has 1 aromatic carbocycles. The Balaban J connectivity index is 2.47. The Morgan fingerprint density at radius 1 is 1.16 bits per heavy atom. The van der Waals surface area contributed by atoms with Crippen LogP contribution in [0, 0.1) is 6.92 Å². The Hall–Kier alpha value is -1.02. The third-order valence-electron chi connectivity index (χ3n) is 3.33. The van der Waals surface area contributed by atoms with Gasteiger partial charge in [0.15, 0.2) is 0 Å². The maximum absolute atomic E-state index is 5.99. The molecular formula is C17H29NO. The van der Waals surface area contributed by atoms with Gasteiger partial charge in [0.1, 0.15) is 5.75 Å². The van der Waals surface area contributed by atoms with E-state index in [2.05, 4.69) is 32.0 Å². The molecule has 1 rings (SSSR count). The van der Waals surface area contributed by atoms with E-state index in [0.29, 0.717) is 0 Å². The molecule has 0 amide bonds. The van der Waals surface area contributed by atoms with Gasteiger partial charge in [-0.3, -0.25) is 0 Å². The second kappa shape index (κ2) is 8.98. The smallest absolute Gasteiger partial charge is 0.125 e. The number of hydrogen-bond acceptors (Lipinski definition) is 2. The van der Waals surface area contributed by atoms with Crippen molar-refractivity contribution in [2.45, 2.75) is 65.3 Å². The number of rotatable bonds is 9. The van der Waals surface area contributed by atoms with Crippen molar-refractivity contribution < 1.29 is 4.74 Å². The highest BCUT2D eigenvalue weighted by molar-refractivity contribution is 5.41. The highest BCUT2D eigenvalue weighted by Gasteiger charge is 2.08. The number of hydrogen-bond donors (Lipinski definition) is 1. The summed E-state index contributed by atoms with van der Waals surface area (Å²) >= 11 is 0. The van der Waals surface area contributed by atoms with Gasteiger partial charge in [0, 0.05) is 6.04 Å². The van der Waals surface area contributed by atoms with Gasteiger partial charge in [0.05, 0.1) is 6.61 Å². The van der Waals surface area contributed by atoms with Crippen LogP contribution >= 0.6 is 0 Å². The minimum atomic E-state index is 0.175. The van der Waals surface area contributed by atoms with E-state index in [1.165, 1.54) is 36.8 Å². The maximum Gasteiger partial charge on any atom is 0.125 e. The first-order valence-corrected chi connectivity index (χ1v) is 7.62. The van der Waals surface area contributed by atoms with E-state index in [9.17, 15) is 0 Å². The van der Waals surface area contributed by atoms with Crippen LogP contribution in [-0.4, -0.2) is 12.6 Å². The van der Waals surface area contributed by atoms with Crippen molar-refractivity contribution in [2.24, 2.45) is 5.73 Å². The molecule has 2 heteroatoms. The highest BCUT2D eigenvalue weighted by atomic mass is 16.5. The highest BCUT2D eigenvalue weighted by Crippen LogP contribution is 2.24. The first kappa shape index (κ1) is 16.0. The maximum atomic E-state index is 5.99. The predicted octanol–water partition coefficient (Wildman–Crippen LogP) is 4.23. The fraction of sp³-hybridized carbons (Fsp3) is 0.647. The summed E-state index contributed by atoms with van der Waals surface area (Å²) in [6.07, 6.45) is 7.24. The van der Waals surface area contributed by atoms with E-state index < -0.39 is 0 Å². The SMILES string of the molecule is CCCCCCCOc1c(C)cccc1CC(C)N. The van der Waals surface area contributed by atoms with Gasteiger partial charge in [-0.15, -0.1) is 0 Å². The molecule has 0 heterocycles. The molecule has 1 aromatic rings. The summed E-state index contributed by atoms with van der Waals surface area (Å²) in [4.78, 5) is 0. The van der Waals surface area contributed by atoms with E-state index >= 15 is 0 Å². The average molecular weight is 263 g/mol. The molecule has 1 atom stereocenters. The van der Waals surface area contributed by atoms with Crippen LogP contribution in [0.15, 0.2) is 18.2 Å². The second-order valence-electron chi connectivity index (χ2n) is 5.51.